The Kier molecular flexibility index (Phi) is 8.49. The third-order valence-corrected chi connectivity index (χ3v) is 7.64. The van der Waals surface area contributed by atoms with Crippen LogP contribution in [0, 0.1) is 6.92 Å². The summed E-state index contributed by atoms with van der Waals surface area (Å²) in [5.41, 5.74) is 3.71. The maximum Gasteiger partial charge on any atom is 0.295 e. The maximum atomic E-state index is 13.1. The van der Waals surface area contributed by atoms with Gasteiger partial charge < -0.3 is 15.2 Å². The molecule has 10 nitrogen and oxygen atoms in total. The molecule has 11 heteroatoms. The van der Waals surface area contributed by atoms with Gasteiger partial charge in [0.15, 0.2) is 11.0 Å². The van der Waals surface area contributed by atoms with Crippen molar-refractivity contribution < 1.29 is 9.59 Å². The Bertz CT molecular complexity index is 1810. The molecule has 2 amide bonds. The number of hydrogen-bond donors (Lipinski definition) is 2. The monoisotopic (exact) mass is 579 g/mol. The van der Waals surface area contributed by atoms with E-state index in [1.54, 1.807) is 41.4 Å². The van der Waals surface area contributed by atoms with Gasteiger partial charge in [-0.2, -0.15) is 0 Å². The van der Waals surface area contributed by atoms with Gasteiger partial charge in [0.1, 0.15) is 5.69 Å². The number of thioether (sulfide) groups is 1. The molecule has 5 rings (SSSR count). The largest absolute Gasteiger partial charge is 0.323 e. The lowest BCUT2D eigenvalue weighted by molar-refractivity contribution is -0.114. The van der Waals surface area contributed by atoms with E-state index >= 15 is 0 Å². The fourth-order valence-electron chi connectivity index (χ4n) is 4.33. The molecule has 0 aliphatic carbocycles. The number of carbonyl (C=O) groups is 2. The molecule has 0 saturated carbocycles. The quantitative estimate of drug-likeness (QED) is 0.194. The smallest absolute Gasteiger partial charge is 0.295 e. The fourth-order valence-corrected chi connectivity index (χ4v) is 5.04. The van der Waals surface area contributed by atoms with Crippen LogP contribution in [0.15, 0.2) is 101 Å². The predicted octanol–water partition coefficient (Wildman–Crippen LogP) is 4.66. The van der Waals surface area contributed by atoms with Crippen LogP contribution in [0.25, 0.3) is 23.2 Å². The highest BCUT2D eigenvalue weighted by atomic mass is 32.2. The number of benzene rings is 3. The van der Waals surface area contributed by atoms with Crippen LogP contribution in [0.2, 0.25) is 0 Å². The average Bonchev–Trinajstić information content (AvgIpc) is 3.47. The number of anilines is 2. The number of para-hydroxylation sites is 1. The maximum absolute atomic E-state index is 13.1. The highest BCUT2D eigenvalue weighted by molar-refractivity contribution is 7.99. The zero-order valence-corrected chi connectivity index (χ0v) is 24.1. The first-order valence-corrected chi connectivity index (χ1v) is 14.1. The molecule has 3 aromatic carbocycles. The number of nitrogens with one attached hydrogen (secondary N) is 2. The van der Waals surface area contributed by atoms with Crippen LogP contribution < -0.4 is 16.2 Å². The lowest BCUT2D eigenvalue weighted by atomic mass is 10.2. The molecule has 2 N–H and O–H groups in total. The standard InChI is InChI=1S/C31H29N7O3S/c1-21-28(30(41)38(37(21)3)25-12-8-5-9-13-25)33-27(40)20-42-31-35-34-29(36(31)2)23-15-17-24(18-16-23)32-26(39)19-14-22-10-6-4-7-11-22/h4-19H,20H2,1-3H3,(H,32,39)(H,33,40)/b19-14+. The van der Waals surface area contributed by atoms with E-state index in [0.717, 1.165) is 11.1 Å². The molecular formula is C31H29N7O3S. The van der Waals surface area contributed by atoms with Crippen molar-refractivity contribution in [1.29, 1.82) is 0 Å². The minimum Gasteiger partial charge on any atom is -0.323 e. The highest BCUT2D eigenvalue weighted by Crippen LogP contribution is 2.24. The SMILES string of the molecule is Cc1c(NC(=O)CSc2nnc(-c3ccc(NC(=O)/C=C/c4ccccc4)cc3)n2C)c(=O)n(-c2ccccc2)n1C. The molecule has 5 aromatic rings. The molecule has 0 bridgehead atoms. The van der Waals surface area contributed by atoms with Gasteiger partial charge in [-0.25, -0.2) is 4.68 Å². The summed E-state index contributed by atoms with van der Waals surface area (Å²) in [6.07, 6.45) is 3.24. The van der Waals surface area contributed by atoms with Gasteiger partial charge in [-0.1, -0.05) is 60.3 Å². The first-order valence-electron chi connectivity index (χ1n) is 13.1. The minimum absolute atomic E-state index is 0.0482. The van der Waals surface area contributed by atoms with Crippen molar-refractivity contribution in [1.82, 2.24) is 24.1 Å². The molecule has 0 unspecified atom stereocenters. The molecule has 2 aromatic heterocycles. The Hall–Kier alpha value is -5.16. The first kappa shape index (κ1) is 28.4. The number of nitrogens with zero attached hydrogens (tertiary/aromatic N) is 5. The molecule has 0 saturated heterocycles. The molecular weight excluding hydrogens is 550 g/mol. The molecule has 0 radical (unpaired) electrons. The second-order valence-electron chi connectivity index (χ2n) is 9.45. The Morgan fingerprint density at radius 3 is 2.24 bits per heavy atom. The summed E-state index contributed by atoms with van der Waals surface area (Å²) in [5, 5.41) is 14.7. The van der Waals surface area contributed by atoms with Gasteiger partial charge in [-0.05, 0) is 55.0 Å². The van der Waals surface area contributed by atoms with Crippen molar-refractivity contribution in [3.05, 3.63) is 113 Å². The van der Waals surface area contributed by atoms with Gasteiger partial charge in [0.2, 0.25) is 11.8 Å². The van der Waals surface area contributed by atoms with Crippen molar-refractivity contribution in [2.24, 2.45) is 14.1 Å². The molecule has 0 aliphatic heterocycles. The van der Waals surface area contributed by atoms with E-state index in [0.29, 0.717) is 28.0 Å². The average molecular weight is 580 g/mol. The van der Waals surface area contributed by atoms with Crippen molar-refractivity contribution in [2.75, 3.05) is 16.4 Å². The summed E-state index contributed by atoms with van der Waals surface area (Å²) in [6, 6.07) is 26.1. The Balaban J connectivity index is 1.20. The summed E-state index contributed by atoms with van der Waals surface area (Å²) >= 11 is 1.22. The highest BCUT2D eigenvalue weighted by Gasteiger charge is 2.19. The number of hydrogen-bond acceptors (Lipinski definition) is 6. The zero-order chi connectivity index (χ0) is 29.6. The van der Waals surface area contributed by atoms with Gasteiger partial charge in [0, 0.05) is 31.4 Å². The topological polar surface area (TPSA) is 116 Å². The van der Waals surface area contributed by atoms with Crippen LogP contribution in [0.1, 0.15) is 11.3 Å². The van der Waals surface area contributed by atoms with E-state index in [4.69, 9.17) is 0 Å². The van der Waals surface area contributed by atoms with Crippen molar-refractivity contribution in [3.8, 4) is 17.1 Å². The molecule has 212 valence electrons. The molecule has 0 fully saturated rings. The number of aromatic nitrogens is 5. The molecule has 42 heavy (non-hydrogen) atoms. The second kappa shape index (κ2) is 12.6. The Morgan fingerprint density at radius 2 is 1.55 bits per heavy atom. The summed E-state index contributed by atoms with van der Waals surface area (Å²) < 4.78 is 5.03. The van der Waals surface area contributed by atoms with Crippen LogP contribution in [0.4, 0.5) is 11.4 Å². The van der Waals surface area contributed by atoms with E-state index in [1.807, 2.05) is 79.8 Å². The molecule has 2 heterocycles. The van der Waals surface area contributed by atoms with E-state index in [-0.39, 0.29) is 28.8 Å². The predicted molar refractivity (Wildman–Crippen MR) is 166 cm³/mol. The van der Waals surface area contributed by atoms with Crippen LogP contribution in [0.5, 0.6) is 0 Å². The van der Waals surface area contributed by atoms with Gasteiger partial charge in [0.25, 0.3) is 5.56 Å². The van der Waals surface area contributed by atoms with Crippen molar-refractivity contribution in [3.63, 3.8) is 0 Å². The van der Waals surface area contributed by atoms with Crippen LogP contribution in [-0.4, -0.2) is 41.7 Å². The molecule has 0 atom stereocenters. The Morgan fingerprint density at radius 1 is 0.881 bits per heavy atom. The fraction of sp³-hybridized carbons (Fsp3) is 0.129. The van der Waals surface area contributed by atoms with E-state index in [9.17, 15) is 14.4 Å². The molecule has 0 spiro atoms. The van der Waals surface area contributed by atoms with Crippen LogP contribution in [0.3, 0.4) is 0 Å². The summed E-state index contributed by atoms with van der Waals surface area (Å²) in [6.45, 7) is 1.79. The first-order chi connectivity index (χ1) is 20.3. The van der Waals surface area contributed by atoms with Gasteiger partial charge in [-0.15, -0.1) is 10.2 Å². The number of amides is 2. The zero-order valence-electron chi connectivity index (χ0n) is 23.3. The molecule has 0 aliphatic rings. The lowest BCUT2D eigenvalue weighted by Crippen LogP contribution is -2.23. The number of rotatable bonds is 9. The minimum atomic E-state index is -0.322. The van der Waals surface area contributed by atoms with Gasteiger partial charge >= 0.3 is 0 Å². The van der Waals surface area contributed by atoms with E-state index in [2.05, 4.69) is 20.8 Å². The number of carbonyl (C=O) groups excluding carboxylic acids is 2. The lowest BCUT2D eigenvalue weighted by Gasteiger charge is -2.07. The summed E-state index contributed by atoms with van der Waals surface area (Å²) in [7, 11) is 3.60. The third kappa shape index (κ3) is 6.26. The van der Waals surface area contributed by atoms with Crippen LogP contribution in [-0.2, 0) is 23.7 Å². The summed E-state index contributed by atoms with van der Waals surface area (Å²) in [5.74, 6) is 0.111. The van der Waals surface area contributed by atoms with Crippen LogP contribution >= 0.6 is 11.8 Å². The normalized spacial score (nSPS) is 11.1. The van der Waals surface area contributed by atoms with E-state index < -0.39 is 0 Å². The van der Waals surface area contributed by atoms with Gasteiger partial charge in [0.05, 0.1) is 17.1 Å². The Labute approximate surface area is 246 Å². The second-order valence-corrected chi connectivity index (χ2v) is 10.4. The summed E-state index contributed by atoms with van der Waals surface area (Å²) in [4.78, 5) is 38.2. The van der Waals surface area contributed by atoms with Crippen molar-refractivity contribution in [2.45, 2.75) is 12.1 Å². The van der Waals surface area contributed by atoms with E-state index in [1.165, 1.54) is 22.5 Å². The van der Waals surface area contributed by atoms with Crippen molar-refractivity contribution >= 4 is 41.0 Å². The third-order valence-electron chi connectivity index (χ3n) is 6.62. The van der Waals surface area contributed by atoms with Gasteiger partial charge in [-0.3, -0.25) is 19.1 Å².